The zero-order valence-electron chi connectivity index (χ0n) is 10.9. The van der Waals surface area contributed by atoms with Gasteiger partial charge in [-0.2, -0.15) is 0 Å². The highest BCUT2D eigenvalue weighted by Crippen LogP contribution is 2.36. The van der Waals surface area contributed by atoms with E-state index in [1.54, 1.807) is 11.3 Å². The van der Waals surface area contributed by atoms with E-state index < -0.39 is 5.97 Å². The maximum atomic E-state index is 12.2. The van der Waals surface area contributed by atoms with Crippen molar-refractivity contribution < 1.29 is 9.90 Å². The molecule has 2 N–H and O–H groups in total. The van der Waals surface area contributed by atoms with Gasteiger partial charge >= 0.3 is 5.97 Å². The Labute approximate surface area is 123 Å². The van der Waals surface area contributed by atoms with Crippen LogP contribution in [0.15, 0.2) is 9.95 Å². The molecule has 2 aromatic rings. The van der Waals surface area contributed by atoms with E-state index in [2.05, 4.69) is 16.9 Å². The lowest BCUT2D eigenvalue weighted by molar-refractivity contribution is -0.133. The number of thiophene rings is 1. The van der Waals surface area contributed by atoms with Crippen molar-refractivity contribution in [2.24, 2.45) is 5.92 Å². The molecule has 3 rings (SSSR count). The number of rotatable bonds is 3. The first-order valence-electron chi connectivity index (χ1n) is 6.43. The van der Waals surface area contributed by atoms with Crippen molar-refractivity contribution in [3.63, 3.8) is 0 Å². The minimum atomic E-state index is -0.919. The lowest BCUT2D eigenvalue weighted by atomic mass is 9.89. The second-order valence-corrected chi connectivity index (χ2v) is 7.13. The summed E-state index contributed by atoms with van der Waals surface area (Å²) >= 11 is 2.62. The lowest BCUT2D eigenvalue weighted by Crippen LogP contribution is -2.13. The van der Waals surface area contributed by atoms with Crippen molar-refractivity contribution >= 4 is 39.3 Å². The zero-order valence-corrected chi connectivity index (χ0v) is 12.6. The predicted molar refractivity (Wildman–Crippen MR) is 79.8 cm³/mol. The molecule has 0 bridgehead atoms. The molecule has 0 fully saturated rings. The lowest BCUT2D eigenvalue weighted by Gasteiger charge is -2.17. The SMILES string of the molecule is CC1CCc2c(sc3nc(SCC(=O)O)[nH]c(=O)c23)C1. The standard InChI is InChI=1S/C13H14N2O3S2/c1-6-2-3-7-8(4-6)20-12-10(7)11(18)14-13(15-12)19-5-9(16)17/h6H,2-5H2,1H3,(H,16,17)(H,14,15,18). The van der Waals surface area contributed by atoms with Gasteiger partial charge in [0.2, 0.25) is 0 Å². The van der Waals surface area contributed by atoms with Crippen molar-refractivity contribution in [2.75, 3.05) is 5.75 Å². The van der Waals surface area contributed by atoms with Gasteiger partial charge in [0.25, 0.3) is 5.56 Å². The van der Waals surface area contributed by atoms with Crippen LogP contribution in [0.2, 0.25) is 0 Å². The maximum Gasteiger partial charge on any atom is 0.313 e. The van der Waals surface area contributed by atoms with E-state index in [4.69, 9.17) is 5.11 Å². The van der Waals surface area contributed by atoms with Crippen molar-refractivity contribution in [1.82, 2.24) is 9.97 Å². The molecule has 7 heteroatoms. The number of aliphatic carboxylic acids is 1. The fraction of sp³-hybridized carbons (Fsp3) is 0.462. The fourth-order valence-corrected chi connectivity index (χ4v) is 4.55. The molecule has 0 spiro atoms. The second-order valence-electron chi connectivity index (χ2n) is 5.09. The van der Waals surface area contributed by atoms with Gasteiger partial charge in [-0.3, -0.25) is 9.59 Å². The average Bonchev–Trinajstić information content (AvgIpc) is 2.73. The van der Waals surface area contributed by atoms with Crippen LogP contribution in [-0.2, 0) is 17.6 Å². The Morgan fingerprint density at radius 1 is 1.60 bits per heavy atom. The van der Waals surface area contributed by atoms with Crippen LogP contribution in [0.5, 0.6) is 0 Å². The summed E-state index contributed by atoms with van der Waals surface area (Å²) < 4.78 is 0. The topological polar surface area (TPSA) is 83.0 Å². The van der Waals surface area contributed by atoms with Gasteiger partial charge in [0.1, 0.15) is 4.83 Å². The number of nitrogens with one attached hydrogen (secondary N) is 1. The Kier molecular flexibility index (Phi) is 3.55. The number of hydrogen-bond donors (Lipinski definition) is 2. The monoisotopic (exact) mass is 310 g/mol. The van der Waals surface area contributed by atoms with Crippen LogP contribution in [0.3, 0.4) is 0 Å². The van der Waals surface area contributed by atoms with E-state index >= 15 is 0 Å². The summed E-state index contributed by atoms with van der Waals surface area (Å²) in [5.74, 6) is -0.371. The summed E-state index contributed by atoms with van der Waals surface area (Å²) in [6, 6.07) is 0. The number of aromatic nitrogens is 2. The summed E-state index contributed by atoms with van der Waals surface area (Å²) in [6.45, 7) is 2.22. The number of carbonyl (C=O) groups is 1. The Balaban J connectivity index is 2.05. The normalized spacial score (nSPS) is 18.1. The van der Waals surface area contributed by atoms with Gasteiger partial charge in [-0.1, -0.05) is 18.7 Å². The molecule has 0 aromatic carbocycles. The van der Waals surface area contributed by atoms with Crippen LogP contribution in [0.4, 0.5) is 0 Å². The van der Waals surface area contributed by atoms with Gasteiger partial charge in [-0.05, 0) is 30.7 Å². The first-order valence-corrected chi connectivity index (χ1v) is 8.24. The number of nitrogens with zero attached hydrogens (tertiary/aromatic N) is 1. The number of carboxylic acids is 1. The number of H-pyrrole nitrogens is 1. The third kappa shape index (κ3) is 2.47. The van der Waals surface area contributed by atoms with E-state index in [1.165, 1.54) is 4.88 Å². The van der Waals surface area contributed by atoms with Crippen LogP contribution >= 0.6 is 23.1 Å². The Bertz CT molecular complexity index is 735. The number of aryl methyl sites for hydroxylation is 1. The van der Waals surface area contributed by atoms with E-state index in [9.17, 15) is 9.59 Å². The number of thioether (sulfide) groups is 1. The Morgan fingerprint density at radius 2 is 2.40 bits per heavy atom. The van der Waals surface area contributed by atoms with E-state index in [-0.39, 0.29) is 11.3 Å². The molecule has 5 nitrogen and oxygen atoms in total. The molecule has 20 heavy (non-hydrogen) atoms. The first-order chi connectivity index (χ1) is 9.54. The molecule has 0 saturated heterocycles. The Hall–Kier alpha value is -1.34. The van der Waals surface area contributed by atoms with Crippen LogP contribution in [0.1, 0.15) is 23.8 Å². The van der Waals surface area contributed by atoms with E-state index in [0.717, 1.165) is 41.4 Å². The first kappa shape index (κ1) is 13.6. The molecule has 0 saturated carbocycles. The van der Waals surface area contributed by atoms with Crippen LogP contribution in [0.25, 0.3) is 10.2 Å². The molecule has 1 atom stereocenters. The molecule has 1 aliphatic rings. The van der Waals surface area contributed by atoms with Gasteiger partial charge in [0.15, 0.2) is 5.16 Å². The summed E-state index contributed by atoms with van der Waals surface area (Å²) in [5.41, 5.74) is 1.00. The number of hydrogen-bond acceptors (Lipinski definition) is 5. The molecule has 2 heterocycles. The van der Waals surface area contributed by atoms with E-state index in [0.29, 0.717) is 16.5 Å². The summed E-state index contributed by atoms with van der Waals surface area (Å²) in [4.78, 5) is 31.9. The predicted octanol–water partition coefficient (Wildman–Crippen LogP) is 2.29. The molecule has 106 valence electrons. The molecule has 1 aliphatic carbocycles. The van der Waals surface area contributed by atoms with Gasteiger partial charge < -0.3 is 10.1 Å². The van der Waals surface area contributed by atoms with Crippen molar-refractivity contribution in [3.05, 3.63) is 20.8 Å². The fourth-order valence-electron chi connectivity index (χ4n) is 2.53. The third-order valence-corrected chi connectivity index (χ3v) is 5.48. The highest BCUT2D eigenvalue weighted by Gasteiger charge is 2.23. The second kappa shape index (κ2) is 5.21. The third-order valence-electron chi connectivity index (χ3n) is 3.48. The van der Waals surface area contributed by atoms with Gasteiger partial charge in [-0.15, -0.1) is 11.3 Å². The number of carboxylic acid groups (broad SMARTS) is 1. The van der Waals surface area contributed by atoms with E-state index in [1.807, 2.05) is 0 Å². The minimum absolute atomic E-state index is 0.101. The number of fused-ring (bicyclic) bond motifs is 3. The highest BCUT2D eigenvalue weighted by atomic mass is 32.2. The van der Waals surface area contributed by atoms with Crippen molar-refractivity contribution in [3.8, 4) is 0 Å². The number of aromatic amines is 1. The maximum absolute atomic E-state index is 12.2. The Morgan fingerprint density at radius 3 is 3.15 bits per heavy atom. The van der Waals surface area contributed by atoms with Gasteiger partial charge in [0.05, 0.1) is 11.1 Å². The molecular weight excluding hydrogens is 296 g/mol. The summed E-state index contributed by atoms with van der Waals surface area (Å²) in [6.07, 6.45) is 3.05. The van der Waals surface area contributed by atoms with Crippen LogP contribution in [-0.4, -0.2) is 26.8 Å². The van der Waals surface area contributed by atoms with Gasteiger partial charge in [-0.25, -0.2) is 4.98 Å². The average molecular weight is 310 g/mol. The molecular formula is C13H14N2O3S2. The smallest absolute Gasteiger partial charge is 0.313 e. The summed E-state index contributed by atoms with van der Waals surface area (Å²) in [5, 5.41) is 9.77. The highest BCUT2D eigenvalue weighted by molar-refractivity contribution is 7.99. The van der Waals surface area contributed by atoms with Gasteiger partial charge in [0, 0.05) is 4.88 Å². The zero-order chi connectivity index (χ0) is 14.3. The largest absolute Gasteiger partial charge is 0.481 e. The summed E-state index contributed by atoms with van der Waals surface area (Å²) in [7, 11) is 0. The van der Waals surface area contributed by atoms with Crippen molar-refractivity contribution in [1.29, 1.82) is 0 Å². The van der Waals surface area contributed by atoms with Crippen molar-refractivity contribution in [2.45, 2.75) is 31.3 Å². The molecule has 1 unspecified atom stereocenters. The molecule has 0 amide bonds. The minimum Gasteiger partial charge on any atom is -0.481 e. The molecule has 2 aromatic heterocycles. The molecule has 0 radical (unpaired) electrons. The molecule has 0 aliphatic heterocycles. The quantitative estimate of drug-likeness (QED) is 0.671. The van der Waals surface area contributed by atoms with Crippen LogP contribution < -0.4 is 5.56 Å². The van der Waals surface area contributed by atoms with Crippen LogP contribution in [0, 0.1) is 5.92 Å².